The first-order chi connectivity index (χ1) is 9.56. The average Bonchev–Trinajstić information content (AvgIpc) is 2.97. The van der Waals surface area contributed by atoms with E-state index in [0.717, 1.165) is 6.07 Å². The van der Waals surface area contributed by atoms with Gasteiger partial charge in [0, 0.05) is 5.56 Å². The van der Waals surface area contributed by atoms with Gasteiger partial charge in [-0.2, -0.15) is 0 Å². The van der Waals surface area contributed by atoms with E-state index in [1.165, 1.54) is 12.1 Å². The van der Waals surface area contributed by atoms with Crippen LogP contribution in [0.5, 0.6) is 0 Å². The minimum Gasteiger partial charge on any atom is -0.388 e. The number of hydrogen-bond donors (Lipinski definition) is 2. The Bertz CT molecular complexity index is 541. The Morgan fingerprint density at radius 3 is 2.85 bits per heavy atom. The van der Waals surface area contributed by atoms with Crippen LogP contribution in [-0.2, 0) is 9.47 Å². The number of carbonyl (C=O) groups is 1. The first-order valence-electron chi connectivity index (χ1n) is 6.23. The zero-order valence-electron chi connectivity index (χ0n) is 10.4. The number of aliphatic hydroxyl groups is 1. The predicted octanol–water partition coefficient (Wildman–Crippen LogP) is 0.736. The molecule has 0 spiro atoms. The van der Waals surface area contributed by atoms with Gasteiger partial charge < -0.3 is 19.9 Å². The molecule has 0 aromatic heterocycles. The summed E-state index contributed by atoms with van der Waals surface area (Å²) in [7, 11) is 0. The number of hydrogen-bond acceptors (Lipinski definition) is 4. The van der Waals surface area contributed by atoms with Gasteiger partial charge in [-0.1, -0.05) is 11.6 Å². The summed E-state index contributed by atoms with van der Waals surface area (Å²) in [5.74, 6) is -0.958. The normalized spacial score (nSPS) is 32.1. The van der Waals surface area contributed by atoms with Crippen LogP contribution in [0.3, 0.4) is 0 Å². The summed E-state index contributed by atoms with van der Waals surface area (Å²) < 4.78 is 23.9. The van der Waals surface area contributed by atoms with Crippen molar-refractivity contribution < 1.29 is 23.8 Å². The Kier molecular flexibility index (Phi) is 3.64. The van der Waals surface area contributed by atoms with Crippen LogP contribution in [-0.4, -0.2) is 48.6 Å². The van der Waals surface area contributed by atoms with E-state index in [1.807, 2.05) is 0 Å². The number of carbonyl (C=O) groups excluding carboxylic acids is 1. The number of nitrogens with one attached hydrogen (secondary N) is 1. The van der Waals surface area contributed by atoms with Gasteiger partial charge in [-0.3, -0.25) is 4.79 Å². The fraction of sp³-hybridized carbons (Fsp3) is 0.462. The quantitative estimate of drug-likeness (QED) is 0.845. The SMILES string of the molecule is O=C(N[C@H]1CO[C@H]2[C@@H]1OC[C@H]2O)c1ccc(F)c(Cl)c1. The molecule has 1 aromatic rings. The van der Waals surface area contributed by atoms with E-state index in [1.54, 1.807) is 0 Å². The van der Waals surface area contributed by atoms with Gasteiger partial charge in [-0.15, -0.1) is 0 Å². The summed E-state index contributed by atoms with van der Waals surface area (Å²) in [5.41, 5.74) is 0.262. The topological polar surface area (TPSA) is 67.8 Å². The third-order valence-corrected chi connectivity index (χ3v) is 3.82. The lowest BCUT2D eigenvalue weighted by Gasteiger charge is -2.17. The summed E-state index contributed by atoms with van der Waals surface area (Å²) in [4.78, 5) is 12.1. The standard InChI is InChI=1S/C13H13ClFNO4/c14-7-3-6(1-2-8(7)15)13(18)16-9-4-19-12-10(17)5-20-11(9)12/h1-3,9-12,17H,4-5H2,(H,16,18)/t9-,10+,11+,12+/m0/s1. The van der Waals surface area contributed by atoms with E-state index in [-0.39, 0.29) is 41.9 Å². The van der Waals surface area contributed by atoms with Gasteiger partial charge in [-0.25, -0.2) is 4.39 Å². The molecule has 108 valence electrons. The smallest absolute Gasteiger partial charge is 0.251 e. The summed E-state index contributed by atoms with van der Waals surface area (Å²) in [6.07, 6.45) is -1.43. The second kappa shape index (κ2) is 5.29. The molecule has 2 N–H and O–H groups in total. The molecule has 2 heterocycles. The van der Waals surface area contributed by atoms with E-state index in [4.69, 9.17) is 21.1 Å². The monoisotopic (exact) mass is 301 g/mol. The van der Waals surface area contributed by atoms with Crippen molar-refractivity contribution in [3.63, 3.8) is 0 Å². The Morgan fingerprint density at radius 2 is 2.10 bits per heavy atom. The van der Waals surface area contributed by atoms with Gasteiger partial charge in [0.25, 0.3) is 5.91 Å². The molecule has 0 bridgehead atoms. The van der Waals surface area contributed by atoms with Crippen molar-refractivity contribution in [1.82, 2.24) is 5.32 Å². The largest absolute Gasteiger partial charge is 0.388 e. The minimum atomic E-state index is -0.665. The molecule has 7 heteroatoms. The molecule has 2 fully saturated rings. The highest BCUT2D eigenvalue weighted by Gasteiger charge is 2.47. The Morgan fingerprint density at radius 1 is 1.35 bits per heavy atom. The summed E-state index contributed by atoms with van der Waals surface area (Å²) >= 11 is 5.65. The lowest BCUT2D eigenvalue weighted by Crippen LogP contribution is -2.44. The van der Waals surface area contributed by atoms with Crippen LogP contribution in [0.4, 0.5) is 4.39 Å². The highest BCUT2D eigenvalue weighted by molar-refractivity contribution is 6.31. The van der Waals surface area contributed by atoms with Crippen molar-refractivity contribution in [2.24, 2.45) is 0 Å². The summed E-state index contributed by atoms with van der Waals surface area (Å²) in [6.45, 7) is 0.469. The molecule has 4 atom stereocenters. The van der Waals surface area contributed by atoms with Crippen LogP contribution < -0.4 is 5.32 Å². The Hall–Kier alpha value is -1.21. The molecule has 0 aliphatic carbocycles. The molecule has 3 rings (SSSR count). The zero-order chi connectivity index (χ0) is 14.3. The molecule has 5 nitrogen and oxygen atoms in total. The lowest BCUT2D eigenvalue weighted by atomic mass is 10.1. The van der Waals surface area contributed by atoms with E-state index < -0.39 is 18.0 Å². The third-order valence-electron chi connectivity index (χ3n) is 3.53. The first-order valence-corrected chi connectivity index (χ1v) is 6.61. The number of rotatable bonds is 2. The molecule has 2 aliphatic heterocycles. The number of ether oxygens (including phenoxy) is 2. The first kappa shape index (κ1) is 13.8. The van der Waals surface area contributed by atoms with Crippen molar-refractivity contribution in [2.45, 2.75) is 24.4 Å². The van der Waals surface area contributed by atoms with Crippen LogP contribution in [0.25, 0.3) is 0 Å². The van der Waals surface area contributed by atoms with Crippen molar-refractivity contribution >= 4 is 17.5 Å². The second-order valence-corrected chi connectivity index (χ2v) is 5.28. The molecule has 0 unspecified atom stereocenters. The van der Waals surface area contributed by atoms with Crippen LogP contribution in [0.1, 0.15) is 10.4 Å². The maximum Gasteiger partial charge on any atom is 0.251 e. The van der Waals surface area contributed by atoms with Gasteiger partial charge in [0.2, 0.25) is 0 Å². The molecule has 1 amide bonds. The third kappa shape index (κ3) is 2.40. The van der Waals surface area contributed by atoms with Crippen LogP contribution in [0.2, 0.25) is 5.02 Å². The van der Waals surface area contributed by atoms with Crippen molar-refractivity contribution in [3.8, 4) is 0 Å². The highest BCUT2D eigenvalue weighted by atomic mass is 35.5. The Labute approximate surface area is 119 Å². The number of aliphatic hydroxyl groups excluding tert-OH is 1. The van der Waals surface area contributed by atoms with Crippen LogP contribution in [0.15, 0.2) is 18.2 Å². The fourth-order valence-corrected chi connectivity index (χ4v) is 2.67. The van der Waals surface area contributed by atoms with E-state index in [9.17, 15) is 14.3 Å². The minimum absolute atomic E-state index is 0.106. The van der Waals surface area contributed by atoms with Gasteiger partial charge in [0.05, 0.1) is 24.3 Å². The van der Waals surface area contributed by atoms with E-state index in [2.05, 4.69) is 5.32 Å². The summed E-state index contributed by atoms with van der Waals surface area (Å²) in [6, 6.07) is 3.42. The Balaban J connectivity index is 1.69. The fourth-order valence-electron chi connectivity index (χ4n) is 2.49. The van der Waals surface area contributed by atoms with Crippen molar-refractivity contribution in [1.29, 1.82) is 0 Å². The number of halogens is 2. The van der Waals surface area contributed by atoms with Crippen LogP contribution >= 0.6 is 11.6 Å². The van der Waals surface area contributed by atoms with Gasteiger partial charge in [0.1, 0.15) is 24.1 Å². The van der Waals surface area contributed by atoms with E-state index in [0.29, 0.717) is 0 Å². The highest BCUT2D eigenvalue weighted by Crippen LogP contribution is 2.27. The second-order valence-electron chi connectivity index (χ2n) is 4.87. The zero-order valence-corrected chi connectivity index (χ0v) is 11.1. The maximum atomic E-state index is 13.1. The molecule has 2 saturated heterocycles. The van der Waals surface area contributed by atoms with Crippen LogP contribution in [0, 0.1) is 5.82 Å². The van der Waals surface area contributed by atoms with Crippen molar-refractivity contribution in [3.05, 3.63) is 34.6 Å². The van der Waals surface area contributed by atoms with Crippen molar-refractivity contribution in [2.75, 3.05) is 13.2 Å². The van der Waals surface area contributed by atoms with Gasteiger partial charge in [0.15, 0.2) is 0 Å². The molecule has 1 aromatic carbocycles. The average molecular weight is 302 g/mol. The van der Waals surface area contributed by atoms with E-state index >= 15 is 0 Å². The molecule has 0 radical (unpaired) electrons. The maximum absolute atomic E-state index is 13.1. The lowest BCUT2D eigenvalue weighted by molar-refractivity contribution is 0.0178. The van der Waals surface area contributed by atoms with Gasteiger partial charge in [-0.05, 0) is 18.2 Å². The number of amides is 1. The number of benzene rings is 1. The van der Waals surface area contributed by atoms with Gasteiger partial charge >= 0.3 is 0 Å². The molecule has 20 heavy (non-hydrogen) atoms. The predicted molar refractivity (Wildman–Crippen MR) is 68.2 cm³/mol. The molecular formula is C13H13ClFNO4. The summed E-state index contributed by atoms with van der Waals surface area (Å²) in [5, 5.41) is 12.3. The molecule has 0 saturated carbocycles. The molecular weight excluding hydrogens is 289 g/mol. The molecule has 2 aliphatic rings. The number of fused-ring (bicyclic) bond motifs is 1.